The highest BCUT2D eigenvalue weighted by Crippen LogP contribution is 2.30. The Bertz CT molecular complexity index is 716. The van der Waals surface area contributed by atoms with Gasteiger partial charge in [0.25, 0.3) is 0 Å². The molecular formula is C17H21ClN4O2. The van der Waals surface area contributed by atoms with Crippen LogP contribution in [-0.4, -0.2) is 22.6 Å². The zero-order chi connectivity index (χ0) is 16.9. The molecule has 2 aromatic rings. The first kappa shape index (κ1) is 16.8. The number of rotatable bonds is 7. The topological polar surface area (TPSA) is 71.3 Å². The second kappa shape index (κ2) is 7.66. The van der Waals surface area contributed by atoms with E-state index < -0.39 is 0 Å². The van der Waals surface area contributed by atoms with E-state index in [-0.39, 0.29) is 5.91 Å². The van der Waals surface area contributed by atoms with Crippen molar-refractivity contribution >= 4 is 28.9 Å². The van der Waals surface area contributed by atoms with Crippen molar-refractivity contribution in [1.29, 1.82) is 0 Å². The van der Waals surface area contributed by atoms with E-state index in [1.807, 2.05) is 12.1 Å². The van der Waals surface area contributed by atoms with Crippen LogP contribution in [0.25, 0.3) is 0 Å². The second-order valence-corrected chi connectivity index (χ2v) is 6.28. The zero-order valence-electron chi connectivity index (χ0n) is 13.7. The van der Waals surface area contributed by atoms with Crippen molar-refractivity contribution in [3.8, 4) is 0 Å². The number of halogens is 1. The maximum atomic E-state index is 11.9. The third-order valence-corrected chi connectivity index (χ3v) is 4.36. The Morgan fingerprint density at radius 2 is 2.29 bits per heavy atom. The molecule has 1 fully saturated rings. The van der Waals surface area contributed by atoms with Gasteiger partial charge in [-0.2, -0.15) is 4.98 Å². The van der Waals surface area contributed by atoms with Crippen LogP contribution in [0, 0.1) is 0 Å². The molecule has 1 aliphatic rings. The number of anilines is 2. The maximum absolute atomic E-state index is 11.9. The quantitative estimate of drug-likeness (QED) is 0.823. The summed E-state index contributed by atoms with van der Waals surface area (Å²) in [6.07, 6.45) is 4.43. The largest absolute Gasteiger partial charge is 0.376 e. The highest BCUT2D eigenvalue weighted by molar-refractivity contribution is 6.33. The normalized spacial score (nSPS) is 14.4. The summed E-state index contributed by atoms with van der Waals surface area (Å²) in [6.45, 7) is 3.30. The molecule has 0 bridgehead atoms. The second-order valence-electron chi connectivity index (χ2n) is 5.87. The van der Waals surface area contributed by atoms with Gasteiger partial charge in [0.15, 0.2) is 5.82 Å². The van der Waals surface area contributed by atoms with Crippen LogP contribution >= 0.6 is 11.6 Å². The molecule has 24 heavy (non-hydrogen) atoms. The van der Waals surface area contributed by atoms with Crippen LogP contribution < -0.4 is 10.2 Å². The van der Waals surface area contributed by atoms with E-state index in [1.54, 1.807) is 11.0 Å². The third kappa shape index (κ3) is 3.87. The van der Waals surface area contributed by atoms with E-state index in [2.05, 4.69) is 22.4 Å². The van der Waals surface area contributed by atoms with E-state index in [9.17, 15) is 4.79 Å². The number of hydrogen-bond donors (Lipinski definition) is 1. The minimum absolute atomic E-state index is 0.155. The van der Waals surface area contributed by atoms with Gasteiger partial charge in [0.05, 0.1) is 17.3 Å². The fourth-order valence-corrected chi connectivity index (χ4v) is 2.89. The van der Waals surface area contributed by atoms with Crippen molar-refractivity contribution in [2.75, 3.05) is 16.8 Å². The summed E-state index contributed by atoms with van der Waals surface area (Å²) in [6, 6.07) is 5.56. The minimum atomic E-state index is 0.155. The van der Waals surface area contributed by atoms with Crippen LogP contribution in [0.4, 0.5) is 11.4 Å². The molecule has 0 saturated carbocycles. The lowest BCUT2D eigenvalue weighted by Crippen LogP contribution is -2.23. The molecule has 6 nitrogen and oxygen atoms in total. The molecule has 0 aliphatic carbocycles. The SMILES string of the molecule is CCCCc1nc(CNc2cc(N3CCCC3=O)ccc2Cl)no1. The van der Waals surface area contributed by atoms with Crippen molar-refractivity contribution in [2.45, 2.75) is 45.6 Å². The molecule has 1 N–H and O–H groups in total. The Labute approximate surface area is 146 Å². The highest BCUT2D eigenvalue weighted by Gasteiger charge is 2.22. The predicted octanol–water partition coefficient (Wildman–Crippen LogP) is 3.80. The summed E-state index contributed by atoms with van der Waals surface area (Å²) in [4.78, 5) is 18.0. The molecule has 2 heterocycles. The van der Waals surface area contributed by atoms with Gasteiger partial charge < -0.3 is 14.7 Å². The van der Waals surface area contributed by atoms with Crippen molar-refractivity contribution in [2.24, 2.45) is 0 Å². The van der Waals surface area contributed by atoms with Crippen LogP contribution in [0.3, 0.4) is 0 Å². The summed E-state index contributed by atoms with van der Waals surface area (Å²) in [5, 5.41) is 7.79. The average molecular weight is 349 g/mol. The monoisotopic (exact) mass is 348 g/mol. The Morgan fingerprint density at radius 1 is 1.42 bits per heavy atom. The number of aryl methyl sites for hydroxylation is 1. The lowest BCUT2D eigenvalue weighted by Gasteiger charge is -2.17. The number of amides is 1. The van der Waals surface area contributed by atoms with Gasteiger partial charge in [0.1, 0.15) is 0 Å². The fraction of sp³-hybridized carbons (Fsp3) is 0.471. The first-order valence-electron chi connectivity index (χ1n) is 8.32. The number of unbranched alkanes of at least 4 members (excludes halogenated alkanes) is 1. The number of aromatic nitrogens is 2. The number of carbonyl (C=O) groups excluding carboxylic acids is 1. The van der Waals surface area contributed by atoms with Gasteiger partial charge in [0.2, 0.25) is 11.8 Å². The molecule has 1 aromatic carbocycles. The van der Waals surface area contributed by atoms with Crippen LogP contribution in [0.1, 0.15) is 44.3 Å². The van der Waals surface area contributed by atoms with Gasteiger partial charge in [-0.15, -0.1) is 0 Å². The molecule has 0 spiro atoms. The molecule has 1 aliphatic heterocycles. The van der Waals surface area contributed by atoms with Crippen molar-refractivity contribution in [1.82, 2.24) is 10.1 Å². The molecule has 1 saturated heterocycles. The molecule has 128 valence electrons. The zero-order valence-corrected chi connectivity index (χ0v) is 14.5. The fourth-order valence-electron chi connectivity index (χ4n) is 2.70. The van der Waals surface area contributed by atoms with Gasteiger partial charge in [-0.25, -0.2) is 0 Å². The Morgan fingerprint density at radius 3 is 3.04 bits per heavy atom. The van der Waals surface area contributed by atoms with Crippen LogP contribution in [-0.2, 0) is 17.8 Å². The van der Waals surface area contributed by atoms with Crippen LogP contribution in [0.5, 0.6) is 0 Å². The van der Waals surface area contributed by atoms with Gasteiger partial charge >= 0.3 is 0 Å². The average Bonchev–Trinajstić information content (AvgIpc) is 3.21. The lowest BCUT2D eigenvalue weighted by molar-refractivity contribution is -0.117. The van der Waals surface area contributed by atoms with Gasteiger partial charge in [-0.05, 0) is 31.0 Å². The van der Waals surface area contributed by atoms with E-state index in [0.717, 1.165) is 43.6 Å². The third-order valence-electron chi connectivity index (χ3n) is 4.03. The number of nitrogens with one attached hydrogen (secondary N) is 1. The molecular weight excluding hydrogens is 328 g/mol. The molecule has 1 amide bonds. The molecule has 1 aromatic heterocycles. The Kier molecular flexibility index (Phi) is 5.35. The molecule has 3 rings (SSSR count). The molecule has 0 atom stereocenters. The number of hydrogen-bond acceptors (Lipinski definition) is 5. The van der Waals surface area contributed by atoms with Crippen molar-refractivity contribution < 1.29 is 9.32 Å². The van der Waals surface area contributed by atoms with E-state index in [0.29, 0.717) is 29.7 Å². The van der Waals surface area contributed by atoms with Crippen LogP contribution in [0.15, 0.2) is 22.7 Å². The summed E-state index contributed by atoms with van der Waals surface area (Å²) in [5.74, 6) is 1.41. The van der Waals surface area contributed by atoms with Crippen molar-refractivity contribution in [3.63, 3.8) is 0 Å². The van der Waals surface area contributed by atoms with Crippen molar-refractivity contribution in [3.05, 3.63) is 34.9 Å². The number of nitrogens with zero attached hydrogens (tertiary/aromatic N) is 3. The molecule has 7 heteroatoms. The van der Waals surface area contributed by atoms with Gasteiger partial charge in [-0.1, -0.05) is 30.1 Å². The van der Waals surface area contributed by atoms with E-state index in [1.165, 1.54) is 0 Å². The van der Waals surface area contributed by atoms with Gasteiger partial charge in [-0.3, -0.25) is 4.79 Å². The van der Waals surface area contributed by atoms with E-state index >= 15 is 0 Å². The van der Waals surface area contributed by atoms with Crippen LogP contribution in [0.2, 0.25) is 5.02 Å². The minimum Gasteiger partial charge on any atom is -0.376 e. The smallest absolute Gasteiger partial charge is 0.227 e. The number of carbonyl (C=O) groups is 1. The summed E-state index contributed by atoms with van der Waals surface area (Å²) in [5.41, 5.74) is 1.62. The maximum Gasteiger partial charge on any atom is 0.227 e. The summed E-state index contributed by atoms with van der Waals surface area (Å²) in [7, 11) is 0. The lowest BCUT2D eigenvalue weighted by atomic mass is 10.2. The summed E-state index contributed by atoms with van der Waals surface area (Å²) >= 11 is 6.25. The highest BCUT2D eigenvalue weighted by atomic mass is 35.5. The predicted molar refractivity (Wildman–Crippen MR) is 93.3 cm³/mol. The summed E-state index contributed by atoms with van der Waals surface area (Å²) < 4.78 is 5.22. The van der Waals surface area contributed by atoms with E-state index in [4.69, 9.17) is 16.1 Å². The standard InChI is InChI=1S/C17H21ClN4O2/c1-2-3-5-16-20-15(21-24-16)11-19-14-10-12(7-8-13(14)18)22-9-4-6-17(22)23/h7-8,10,19H,2-6,9,11H2,1H3. The first-order chi connectivity index (χ1) is 11.7. The molecule has 0 radical (unpaired) electrons. The first-order valence-corrected chi connectivity index (χ1v) is 8.70. The molecule has 0 unspecified atom stereocenters. The van der Waals surface area contributed by atoms with Gasteiger partial charge in [0, 0.05) is 25.1 Å². The number of benzene rings is 1. The Balaban J connectivity index is 1.66. The Hall–Kier alpha value is -2.08.